The summed E-state index contributed by atoms with van der Waals surface area (Å²) in [5, 5.41) is 13.9. The number of nitrogens with zero attached hydrogens (tertiary/aromatic N) is 1. The quantitative estimate of drug-likeness (QED) is 0.251. The van der Waals surface area contributed by atoms with Crippen LogP contribution in [0.5, 0.6) is 0 Å². The molecular weight excluding hydrogens is 374 g/mol. The summed E-state index contributed by atoms with van der Waals surface area (Å²) in [7, 11) is 4.46. The van der Waals surface area contributed by atoms with Gasteiger partial charge in [-0.05, 0) is 32.5 Å². The summed E-state index contributed by atoms with van der Waals surface area (Å²) in [6.07, 6.45) is 19.4. The number of benzene rings is 1. The smallest absolute Gasteiger partial charge is 0.450 e. The Morgan fingerprint density at radius 2 is 1.17 bits per heavy atom. The summed E-state index contributed by atoms with van der Waals surface area (Å²) >= 11 is 0. The Hall–Kier alpha value is -1.55. The third-order valence-corrected chi connectivity index (χ3v) is 5.69. The van der Waals surface area contributed by atoms with E-state index >= 15 is 0 Å². The van der Waals surface area contributed by atoms with Gasteiger partial charge in [0.05, 0.1) is 0 Å². The molecule has 0 aromatic heterocycles. The Kier molecular flexibility index (Phi) is 19.6. The van der Waals surface area contributed by atoms with Crippen LogP contribution in [0.4, 0.5) is 4.79 Å². The molecule has 1 aromatic carbocycles. The molecule has 30 heavy (non-hydrogen) atoms. The average Bonchev–Trinajstić information content (AvgIpc) is 2.70. The molecule has 1 unspecified atom stereocenters. The zero-order chi connectivity index (χ0) is 22.5. The number of unbranched alkanes of at least 4 members (excludes halogenated alkanes) is 12. The van der Waals surface area contributed by atoms with Crippen molar-refractivity contribution in [1.29, 1.82) is 0 Å². The molecule has 1 aromatic rings. The van der Waals surface area contributed by atoms with Gasteiger partial charge < -0.3 is 15.1 Å². The molecule has 0 heterocycles. The second kappa shape index (κ2) is 20.7. The van der Waals surface area contributed by atoms with Crippen LogP contribution in [0.3, 0.4) is 0 Å². The molecule has 174 valence electrons. The van der Waals surface area contributed by atoms with Crippen LogP contribution in [-0.4, -0.2) is 41.4 Å². The van der Waals surface area contributed by atoms with E-state index in [1.807, 2.05) is 0 Å². The Bertz CT molecular complexity index is 486. The van der Waals surface area contributed by atoms with Crippen molar-refractivity contribution in [2.24, 2.45) is 0 Å². The molecule has 0 aliphatic carbocycles. The predicted molar refractivity (Wildman–Crippen MR) is 129 cm³/mol. The van der Waals surface area contributed by atoms with Crippen molar-refractivity contribution in [2.45, 2.75) is 109 Å². The van der Waals surface area contributed by atoms with Crippen LogP contribution >= 0.6 is 0 Å². The van der Waals surface area contributed by atoms with Crippen LogP contribution in [-0.2, 0) is 6.42 Å². The normalized spacial score (nSPS) is 11.7. The minimum absolute atomic E-state index is 0.685. The van der Waals surface area contributed by atoms with Crippen molar-refractivity contribution >= 4 is 6.16 Å². The van der Waals surface area contributed by atoms with Crippen LogP contribution in [0.15, 0.2) is 30.3 Å². The molecule has 4 nitrogen and oxygen atoms in total. The highest BCUT2D eigenvalue weighted by molar-refractivity contribution is 5.53. The summed E-state index contributed by atoms with van der Waals surface area (Å²) in [5.74, 6) is 0. The monoisotopic (exact) mass is 421 g/mol. The fourth-order valence-corrected chi connectivity index (χ4v) is 3.83. The highest BCUT2D eigenvalue weighted by Crippen LogP contribution is 2.16. The fraction of sp³-hybridized carbons (Fsp3) is 0.731. The second-order valence-electron chi connectivity index (χ2n) is 8.62. The largest absolute Gasteiger partial charge is 0.503 e. The lowest BCUT2D eigenvalue weighted by molar-refractivity contribution is 0.137. The van der Waals surface area contributed by atoms with Crippen LogP contribution in [0.25, 0.3) is 0 Å². The van der Waals surface area contributed by atoms with Gasteiger partial charge in [-0.2, -0.15) is 0 Å². The SMILES string of the molecule is CCCCCCCCCCCCCCCC(Cc1ccccc1)N(C)C.O=C(O)O. The minimum atomic E-state index is -1.83. The molecule has 2 N–H and O–H groups in total. The first kappa shape index (κ1) is 28.5. The van der Waals surface area contributed by atoms with Gasteiger partial charge in [-0.25, -0.2) is 4.79 Å². The Morgan fingerprint density at radius 3 is 1.57 bits per heavy atom. The molecule has 0 saturated carbocycles. The lowest BCUT2D eigenvalue weighted by Gasteiger charge is -2.24. The van der Waals surface area contributed by atoms with E-state index in [0.29, 0.717) is 6.04 Å². The summed E-state index contributed by atoms with van der Waals surface area (Å²) in [6, 6.07) is 11.6. The second-order valence-corrected chi connectivity index (χ2v) is 8.62. The van der Waals surface area contributed by atoms with Crippen molar-refractivity contribution in [1.82, 2.24) is 4.90 Å². The van der Waals surface area contributed by atoms with Gasteiger partial charge in [0, 0.05) is 6.04 Å². The number of hydrogen-bond donors (Lipinski definition) is 2. The van der Waals surface area contributed by atoms with E-state index in [9.17, 15) is 0 Å². The molecule has 0 fully saturated rings. The van der Waals surface area contributed by atoms with Crippen molar-refractivity contribution in [3.63, 3.8) is 0 Å². The maximum absolute atomic E-state index is 8.56. The Morgan fingerprint density at radius 1 is 0.767 bits per heavy atom. The van der Waals surface area contributed by atoms with E-state index in [0.717, 1.165) is 0 Å². The fourth-order valence-electron chi connectivity index (χ4n) is 3.83. The summed E-state index contributed by atoms with van der Waals surface area (Å²) in [5.41, 5.74) is 1.47. The third-order valence-electron chi connectivity index (χ3n) is 5.69. The topological polar surface area (TPSA) is 60.8 Å². The first-order chi connectivity index (χ1) is 14.5. The lowest BCUT2D eigenvalue weighted by atomic mass is 9.98. The van der Waals surface area contributed by atoms with Gasteiger partial charge in [0.1, 0.15) is 0 Å². The zero-order valence-electron chi connectivity index (χ0n) is 19.8. The van der Waals surface area contributed by atoms with Crippen molar-refractivity contribution < 1.29 is 15.0 Å². The van der Waals surface area contributed by atoms with Crippen molar-refractivity contribution in [3.05, 3.63) is 35.9 Å². The van der Waals surface area contributed by atoms with E-state index in [1.54, 1.807) is 0 Å². The van der Waals surface area contributed by atoms with Crippen LogP contribution in [0.2, 0.25) is 0 Å². The van der Waals surface area contributed by atoms with Gasteiger partial charge in [0.2, 0.25) is 0 Å². The molecule has 4 heteroatoms. The molecule has 0 aliphatic heterocycles. The molecule has 0 saturated heterocycles. The summed E-state index contributed by atoms with van der Waals surface area (Å²) in [6.45, 7) is 2.30. The molecule has 0 bridgehead atoms. The molecular formula is C26H47NO3. The summed E-state index contributed by atoms with van der Waals surface area (Å²) in [4.78, 5) is 11.0. The van der Waals surface area contributed by atoms with E-state index in [4.69, 9.17) is 15.0 Å². The van der Waals surface area contributed by atoms with Crippen LogP contribution in [0.1, 0.15) is 102 Å². The van der Waals surface area contributed by atoms with E-state index in [1.165, 1.54) is 102 Å². The number of rotatable bonds is 17. The number of likely N-dealkylation sites (N-methyl/N-ethyl adjacent to an activating group) is 1. The number of carboxylic acid groups (broad SMARTS) is 2. The minimum Gasteiger partial charge on any atom is -0.450 e. The van der Waals surface area contributed by atoms with Crippen LogP contribution in [0, 0.1) is 0 Å². The predicted octanol–water partition coefficient (Wildman–Crippen LogP) is 7.86. The molecule has 1 atom stereocenters. The van der Waals surface area contributed by atoms with Gasteiger partial charge in [-0.1, -0.05) is 121 Å². The Balaban J connectivity index is 0.00000192. The van der Waals surface area contributed by atoms with Gasteiger partial charge in [0.15, 0.2) is 0 Å². The first-order valence-corrected chi connectivity index (χ1v) is 12.1. The average molecular weight is 422 g/mol. The summed E-state index contributed by atoms with van der Waals surface area (Å²) < 4.78 is 0. The van der Waals surface area contributed by atoms with Crippen molar-refractivity contribution in [3.8, 4) is 0 Å². The van der Waals surface area contributed by atoms with E-state index in [-0.39, 0.29) is 0 Å². The first-order valence-electron chi connectivity index (χ1n) is 12.1. The molecule has 0 spiro atoms. The highest BCUT2D eigenvalue weighted by atomic mass is 16.6. The lowest BCUT2D eigenvalue weighted by Crippen LogP contribution is -2.30. The molecule has 1 rings (SSSR count). The maximum Gasteiger partial charge on any atom is 0.503 e. The zero-order valence-corrected chi connectivity index (χ0v) is 19.8. The van der Waals surface area contributed by atoms with Gasteiger partial charge in [-0.3, -0.25) is 0 Å². The molecule has 0 radical (unpaired) electrons. The maximum atomic E-state index is 8.56. The van der Waals surface area contributed by atoms with E-state index in [2.05, 4.69) is 56.3 Å². The molecule has 0 amide bonds. The molecule has 0 aliphatic rings. The van der Waals surface area contributed by atoms with Gasteiger partial charge in [-0.15, -0.1) is 0 Å². The van der Waals surface area contributed by atoms with Gasteiger partial charge in [0.25, 0.3) is 0 Å². The third kappa shape index (κ3) is 19.8. The number of carbonyl (C=O) groups is 1. The van der Waals surface area contributed by atoms with Gasteiger partial charge >= 0.3 is 6.16 Å². The van der Waals surface area contributed by atoms with Crippen molar-refractivity contribution in [2.75, 3.05) is 14.1 Å². The highest BCUT2D eigenvalue weighted by Gasteiger charge is 2.11. The Labute approximate surface area is 185 Å². The van der Waals surface area contributed by atoms with Crippen LogP contribution < -0.4 is 0 Å². The van der Waals surface area contributed by atoms with E-state index < -0.39 is 6.16 Å². The standard InChI is InChI=1S/C25H45N.CH2O3/c1-4-5-6-7-8-9-10-11-12-13-14-15-19-22-25(26(2)3)23-24-20-17-16-18-21-24;2-1(3)4/h16-18,20-21,25H,4-15,19,22-23H2,1-3H3;(H2,2,3,4). The number of hydrogen-bond acceptors (Lipinski definition) is 2.